The normalized spacial score (nSPS) is 23.1. The number of aliphatic hydroxyl groups is 1. The number of rotatable bonds is 6. The summed E-state index contributed by atoms with van der Waals surface area (Å²) < 4.78 is 0. The molecule has 0 aromatic carbocycles. The van der Waals surface area contributed by atoms with Crippen LogP contribution < -0.4 is 5.73 Å². The molecule has 1 aliphatic heterocycles. The number of aliphatic hydroxyl groups excluding tert-OH is 1. The number of amides is 2. The fraction of sp³-hybridized carbons (Fsp3) is 0.700. The summed E-state index contributed by atoms with van der Waals surface area (Å²) in [6.45, 7) is 0.0519. The number of hydrogen-bond donors (Lipinski definition) is 3. The Morgan fingerprint density at radius 2 is 2.06 bits per heavy atom. The largest absolute Gasteiger partial charge is 0.480 e. The van der Waals surface area contributed by atoms with Crippen LogP contribution in [0.1, 0.15) is 12.8 Å². The highest BCUT2D eigenvalue weighted by atomic mass is 32.2. The summed E-state index contributed by atoms with van der Waals surface area (Å²) in [5.41, 5.74) is 4.95. The van der Waals surface area contributed by atoms with Gasteiger partial charge in [-0.2, -0.15) is 11.8 Å². The van der Waals surface area contributed by atoms with Crippen LogP contribution in [0.5, 0.6) is 0 Å². The third kappa shape index (κ3) is 4.19. The van der Waals surface area contributed by atoms with Crippen molar-refractivity contribution < 1.29 is 24.6 Å². The Kier molecular flexibility index (Phi) is 5.42. The van der Waals surface area contributed by atoms with Crippen molar-refractivity contribution in [3.8, 4) is 0 Å². The third-order valence-electron chi connectivity index (χ3n) is 2.59. The monoisotopic (exact) mass is 276 g/mol. The topological polar surface area (TPSA) is 121 Å². The van der Waals surface area contributed by atoms with Gasteiger partial charge in [0.25, 0.3) is 0 Å². The number of likely N-dealkylation sites (tertiary alicyclic amines) is 1. The lowest BCUT2D eigenvalue weighted by Crippen LogP contribution is -2.40. The van der Waals surface area contributed by atoms with Crippen molar-refractivity contribution in [3.63, 3.8) is 0 Å². The van der Waals surface area contributed by atoms with Gasteiger partial charge in [-0.05, 0) is 0 Å². The number of hydrogen-bond acceptors (Lipinski definition) is 5. The van der Waals surface area contributed by atoms with E-state index in [0.717, 1.165) is 0 Å². The highest BCUT2D eigenvalue weighted by Gasteiger charge is 2.38. The first-order valence-corrected chi connectivity index (χ1v) is 6.63. The molecule has 18 heavy (non-hydrogen) atoms. The van der Waals surface area contributed by atoms with Crippen molar-refractivity contribution in [1.29, 1.82) is 0 Å². The number of nitrogens with two attached hydrogens (primary N) is 1. The van der Waals surface area contributed by atoms with Gasteiger partial charge in [0.15, 0.2) is 0 Å². The molecular formula is C10H16N2O5S. The minimum atomic E-state index is -1.11. The van der Waals surface area contributed by atoms with Gasteiger partial charge >= 0.3 is 5.97 Å². The van der Waals surface area contributed by atoms with Gasteiger partial charge in [0, 0.05) is 25.1 Å². The minimum absolute atomic E-state index is 0.0519. The number of carbonyl (C=O) groups is 3. The van der Waals surface area contributed by atoms with Crippen LogP contribution in [0, 0.1) is 0 Å². The highest BCUT2D eigenvalue weighted by Crippen LogP contribution is 2.19. The van der Waals surface area contributed by atoms with Gasteiger partial charge in [0.05, 0.1) is 11.9 Å². The number of carboxylic acids is 1. The second-order valence-electron chi connectivity index (χ2n) is 4.06. The van der Waals surface area contributed by atoms with Crippen LogP contribution in [0.15, 0.2) is 0 Å². The number of aliphatic carboxylic acids is 1. The molecule has 2 amide bonds. The van der Waals surface area contributed by atoms with E-state index in [1.54, 1.807) is 0 Å². The molecule has 7 nitrogen and oxygen atoms in total. The molecule has 0 saturated carbocycles. The van der Waals surface area contributed by atoms with E-state index < -0.39 is 24.0 Å². The van der Waals surface area contributed by atoms with E-state index >= 15 is 0 Å². The summed E-state index contributed by atoms with van der Waals surface area (Å²) >= 11 is 1.23. The minimum Gasteiger partial charge on any atom is -0.480 e. The Morgan fingerprint density at radius 1 is 1.39 bits per heavy atom. The summed E-state index contributed by atoms with van der Waals surface area (Å²) in [5.74, 6) is -1.34. The van der Waals surface area contributed by atoms with Gasteiger partial charge in [-0.25, -0.2) is 4.79 Å². The highest BCUT2D eigenvalue weighted by molar-refractivity contribution is 7.99. The first-order chi connectivity index (χ1) is 8.41. The van der Waals surface area contributed by atoms with E-state index in [2.05, 4.69) is 0 Å². The molecule has 2 unspecified atom stereocenters. The van der Waals surface area contributed by atoms with E-state index in [-0.39, 0.29) is 31.0 Å². The summed E-state index contributed by atoms with van der Waals surface area (Å²) in [6.07, 6.45) is -0.586. The lowest BCUT2D eigenvalue weighted by Gasteiger charge is -2.20. The molecule has 0 aromatic rings. The van der Waals surface area contributed by atoms with Crippen LogP contribution in [0.2, 0.25) is 0 Å². The van der Waals surface area contributed by atoms with E-state index in [4.69, 9.17) is 10.8 Å². The number of carbonyl (C=O) groups excluding carboxylic acids is 2. The first kappa shape index (κ1) is 14.8. The summed E-state index contributed by atoms with van der Waals surface area (Å²) in [5, 5.41) is 18.3. The molecule has 4 N–H and O–H groups in total. The molecule has 102 valence electrons. The van der Waals surface area contributed by atoms with Gasteiger partial charge in [0.1, 0.15) is 6.04 Å². The van der Waals surface area contributed by atoms with E-state index in [1.165, 1.54) is 16.7 Å². The van der Waals surface area contributed by atoms with Crippen molar-refractivity contribution >= 4 is 29.5 Å². The Labute approximate surface area is 108 Å². The Balaban J connectivity index is 2.40. The average Bonchev–Trinajstić information content (AvgIpc) is 2.66. The lowest BCUT2D eigenvalue weighted by molar-refractivity contribution is -0.148. The summed E-state index contributed by atoms with van der Waals surface area (Å²) in [4.78, 5) is 34.3. The molecule has 0 aromatic heterocycles. The maximum atomic E-state index is 11.8. The number of thioether (sulfide) groups is 1. The quantitative estimate of drug-likeness (QED) is 0.515. The number of carboxylic acid groups (broad SMARTS) is 1. The summed E-state index contributed by atoms with van der Waals surface area (Å²) in [6, 6.07) is -0.950. The zero-order chi connectivity index (χ0) is 13.7. The van der Waals surface area contributed by atoms with Crippen molar-refractivity contribution in [2.75, 3.05) is 18.1 Å². The molecule has 1 rings (SSSR count). The Morgan fingerprint density at radius 3 is 2.61 bits per heavy atom. The van der Waals surface area contributed by atoms with E-state index in [1.807, 2.05) is 0 Å². The maximum absolute atomic E-state index is 11.8. The Bertz CT molecular complexity index is 349. The molecule has 0 bridgehead atoms. The van der Waals surface area contributed by atoms with Crippen LogP contribution in [0.25, 0.3) is 0 Å². The SMILES string of the molecule is NC(=O)CSCCC(=O)N1CC(O)CC1C(=O)O. The molecular weight excluding hydrogens is 260 g/mol. The van der Waals surface area contributed by atoms with Crippen LogP contribution in [0.3, 0.4) is 0 Å². The fourth-order valence-electron chi connectivity index (χ4n) is 1.80. The molecule has 1 saturated heterocycles. The van der Waals surface area contributed by atoms with Gasteiger partial charge in [0.2, 0.25) is 11.8 Å². The molecule has 1 fully saturated rings. The van der Waals surface area contributed by atoms with E-state index in [9.17, 15) is 19.5 Å². The second-order valence-corrected chi connectivity index (χ2v) is 5.16. The first-order valence-electron chi connectivity index (χ1n) is 5.48. The molecule has 1 heterocycles. The van der Waals surface area contributed by atoms with Crippen LogP contribution >= 0.6 is 11.8 Å². The van der Waals surface area contributed by atoms with Crippen molar-refractivity contribution in [1.82, 2.24) is 4.90 Å². The third-order valence-corrected chi connectivity index (χ3v) is 3.57. The zero-order valence-corrected chi connectivity index (χ0v) is 10.6. The van der Waals surface area contributed by atoms with Crippen molar-refractivity contribution in [2.24, 2.45) is 5.73 Å². The summed E-state index contributed by atoms with van der Waals surface area (Å²) in [7, 11) is 0. The van der Waals surface area contributed by atoms with Gasteiger partial charge in [-0.1, -0.05) is 0 Å². The molecule has 8 heteroatoms. The molecule has 0 aliphatic carbocycles. The number of β-amino-alcohol motifs (C(OH)–C–C–N with tert-alkyl or cyclic N) is 1. The van der Waals surface area contributed by atoms with E-state index in [0.29, 0.717) is 5.75 Å². The van der Waals surface area contributed by atoms with Crippen molar-refractivity contribution in [3.05, 3.63) is 0 Å². The predicted molar refractivity (Wildman–Crippen MR) is 64.9 cm³/mol. The smallest absolute Gasteiger partial charge is 0.326 e. The van der Waals surface area contributed by atoms with Gasteiger partial charge in [-0.15, -0.1) is 0 Å². The van der Waals surface area contributed by atoms with Crippen molar-refractivity contribution in [2.45, 2.75) is 25.0 Å². The number of nitrogens with zero attached hydrogens (tertiary/aromatic N) is 1. The second kappa shape index (κ2) is 6.60. The standard InChI is InChI=1S/C10H16N2O5S/c11-8(14)5-18-2-1-9(15)12-4-6(13)3-7(12)10(16)17/h6-7,13H,1-5H2,(H2,11,14)(H,16,17). The fourth-order valence-corrected chi connectivity index (χ4v) is 2.46. The molecule has 2 atom stereocenters. The predicted octanol–water partition coefficient (Wildman–Crippen LogP) is -1.36. The molecule has 0 spiro atoms. The Hall–Kier alpha value is -1.28. The zero-order valence-electron chi connectivity index (χ0n) is 9.74. The van der Waals surface area contributed by atoms with Crippen LogP contribution in [0.4, 0.5) is 0 Å². The lowest BCUT2D eigenvalue weighted by atomic mass is 10.2. The van der Waals surface area contributed by atoms with Gasteiger partial charge < -0.3 is 20.8 Å². The maximum Gasteiger partial charge on any atom is 0.326 e. The number of primary amides is 1. The van der Waals surface area contributed by atoms with Crippen LogP contribution in [-0.4, -0.2) is 63.1 Å². The van der Waals surface area contributed by atoms with Crippen LogP contribution in [-0.2, 0) is 14.4 Å². The van der Waals surface area contributed by atoms with Gasteiger partial charge in [-0.3, -0.25) is 9.59 Å². The molecule has 1 aliphatic rings. The molecule has 0 radical (unpaired) electrons. The average molecular weight is 276 g/mol.